The van der Waals surface area contributed by atoms with Gasteiger partial charge in [-0.25, -0.2) is 0 Å². The molecule has 0 saturated heterocycles. The Kier molecular flexibility index (Phi) is 10.8. The van der Waals surface area contributed by atoms with Crippen molar-refractivity contribution in [2.75, 3.05) is 25.4 Å². The van der Waals surface area contributed by atoms with E-state index in [1.165, 1.54) is 16.7 Å². The first-order valence-electron chi connectivity index (χ1n) is 12.7. The molecule has 0 radical (unpaired) electrons. The third-order valence-corrected chi connectivity index (χ3v) is 5.94. The van der Waals surface area contributed by atoms with Crippen LogP contribution in [-0.4, -0.2) is 19.7 Å². The van der Waals surface area contributed by atoms with Gasteiger partial charge in [0.2, 0.25) is 0 Å². The molecule has 0 atom stereocenters. The van der Waals surface area contributed by atoms with Crippen molar-refractivity contribution < 1.29 is 9.47 Å². The summed E-state index contributed by atoms with van der Waals surface area (Å²) >= 11 is 0. The van der Waals surface area contributed by atoms with Gasteiger partial charge in [-0.2, -0.15) is 0 Å². The number of unbranched alkanes of at least 4 members (excludes halogenated alkanes) is 1. The molecule has 4 nitrogen and oxygen atoms in total. The van der Waals surface area contributed by atoms with E-state index in [0.29, 0.717) is 12.3 Å². The fourth-order valence-corrected chi connectivity index (χ4v) is 3.97. The van der Waals surface area contributed by atoms with Crippen LogP contribution in [0.2, 0.25) is 0 Å². The largest absolute Gasteiger partial charge is 0.494 e. The quantitative estimate of drug-likeness (QED) is 0.205. The zero-order valence-corrected chi connectivity index (χ0v) is 20.8. The molecule has 182 valence electrons. The normalized spacial score (nSPS) is 10.9. The number of nitrogen functional groups attached to an aromatic ring is 1. The fourth-order valence-electron chi connectivity index (χ4n) is 3.97. The number of aryl methyl sites for hydroxylation is 1. The van der Waals surface area contributed by atoms with Gasteiger partial charge in [0.05, 0.1) is 12.3 Å². The number of anilines is 1. The minimum absolute atomic E-state index is 0.526. The highest BCUT2D eigenvalue weighted by atomic mass is 16.5. The molecule has 0 aromatic heterocycles. The summed E-state index contributed by atoms with van der Waals surface area (Å²) in [7, 11) is 0. The molecule has 3 N–H and O–H groups in total. The van der Waals surface area contributed by atoms with Gasteiger partial charge in [0, 0.05) is 0 Å². The SMILES string of the molecule is CCCCOc1ccc(CCNCCc2ccc(OCc3ccccc3)c(N)c2)c(CCC)c1. The monoisotopic (exact) mass is 460 g/mol. The number of rotatable bonds is 15. The van der Waals surface area contributed by atoms with Gasteiger partial charge in [-0.3, -0.25) is 0 Å². The van der Waals surface area contributed by atoms with Crippen molar-refractivity contribution in [2.45, 2.75) is 59.0 Å². The van der Waals surface area contributed by atoms with Crippen LogP contribution in [0.15, 0.2) is 66.7 Å². The molecule has 0 heterocycles. The van der Waals surface area contributed by atoms with Crippen molar-refractivity contribution in [2.24, 2.45) is 0 Å². The molecule has 0 unspecified atom stereocenters. The second-order valence-corrected chi connectivity index (χ2v) is 8.78. The first-order chi connectivity index (χ1) is 16.7. The van der Waals surface area contributed by atoms with Crippen LogP contribution in [0.4, 0.5) is 5.69 Å². The standard InChI is InChI=1S/C30H40N2O2/c1-3-5-20-33-28-14-13-26(27(22-28)9-4-2)17-19-32-18-16-24-12-15-30(29(31)21-24)34-23-25-10-7-6-8-11-25/h6-8,10-15,21-22,32H,3-5,9,16-20,23,31H2,1-2H3. The number of hydrogen-bond acceptors (Lipinski definition) is 4. The molecule has 3 rings (SSSR count). The summed E-state index contributed by atoms with van der Waals surface area (Å²) in [6.45, 7) is 7.63. The number of ether oxygens (including phenoxy) is 2. The van der Waals surface area contributed by atoms with Crippen LogP contribution < -0.4 is 20.5 Å². The van der Waals surface area contributed by atoms with Crippen LogP contribution in [0, 0.1) is 0 Å². The van der Waals surface area contributed by atoms with E-state index in [-0.39, 0.29) is 0 Å². The summed E-state index contributed by atoms with van der Waals surface area (Å²) in [6.07, 6.45) is 6.46. The van der Waals surface area contributed by atoms with E-state index in [0.717, 1.165) is 75.3 Å². The average molecular weight is 461 g/mol. The number of nitrogens with two attached hydrogens (primary N) is 1. The van der Waals surface area contributed by atoms with Gasteiger partial charge in [0.15, 0.2) is 0 Å². The Morgan fingerprint density at radius 1 is 0.735 bits per heavy atom. The maximum atomic E-state index is 6.23. The molecule has 3 aromatic rings. The Morgan fingerprint density at radius 3 is 2.32 bits per heavy atom. The summed E-state index contributed by atoms with van der Waals surface area (Å²) in [6, 6.07) is 22.8. The lowest BCUT2D eigenvalue weighted by molar-refractivity contribution is 0.308. The molecule has 0 saturated carbocycles. The summed E-state index contributed by atoms with van der Waals surface area (Å²) in [4.78, 5) is 0. The molecule has 3 aromatic carbocycles. The molecule has 0 amide bonds. The second-order valence-electron chi connectivity index (χ2n) is 8.78. The molecule has 0 aliphatic rings. The van der Waals surface area contributed by atoms with E-state index in [4.69, 9.17) is 15.2 Å². The van der Waals surface area contributed by atoms with Gasteiger partial charge in [0.1, 0.15) is 18.1 Å². The Labute approximate surface area is 205 Å². The topological polar surface area (TPSA) is 56.5 Å². The smallest absolute Gasteiger partial charge is 0.142 e. The average Bonchev–Trinajstić information content (AvgIpc) is 2.85. The van der Waals surface area contributed by atoms with Crippen LogP contribution >= 0.6 is 0 Å². The summed E-state index contributed by atoms with van der Waals surface area (Å²) < 4.78 is 11.8. The van der Waals surface area contributed by atoms with Gasteiger partial charge in [-0.15, -0.1) is 0 Å². The molecule has 0 aliphatic carbocycles. The third kappa shape index (κ3) is 8.42. The Bertz CT molecular complexity index is 988. The molecule has 0 bridgehead atoms. The first-order valence-corrected chi connectivity index (χ1v) is 12.7. The zero-order valence-electron chi connectivity index (χ0n) is 20.8. The molecular weight excluding hydrogens is 420 g/mol. The molecule has 0 aliphatic heterocycles. The second kappa shape index (κ2) is 14.3. The molecular formula is C30H40N2O2. The first kappa shape index (κ1) is 25.6. The lowest BCUT2D eigenvalue weighted by Crippen LogP contribution is -2.20. The van der Waals surface area contributed by atoms with Crippen molar-refractivity contribution in [3.8, 4) is 11.5 Å². The minimum Gasteiger partial charge on any atom is -0.494 e. The van der Waals surface area contributed by atoms with E-state index in [1.807, 2.05) is 30.3 Å². The minimum atomic E-state index is 0.526. The number of hydrogen-bond donors (Lipinski definition) is 2. The van der Waals surface area contributed by atoms with E-state index in [9.17, 15) is 0 Å². The Hall–Kier alpha value is -2.98. The van der Waals surface area contributed by atoms with Gasteiger partial charge < -0.3 is 20.5 Å². The predicted molar refractivity (Wildman–Crippen MR) is 143 cm³/mol. The maximum absolute atomic E-state index is 6.23. The summed E-state index contributed by atoms with van der Waals surface area (Å²) in [5.74, 6) is 1.74. The van der Waals surface area contributed by atoms with Crippen LogP contribution in [0.25, 0.3) is 0 Å². The highest BCUT2D eigenvalue weighted by Gasteiger charge is 2.06. The Balaban J connectivity index is 1.42. The van der Waals surface area contributed by atoms with Crippen LogP contribution in [-0.2, 0) is 25.9 Å². The van der Waals surface area contributed by atoms with Crippen molar-refractivity contribution in [3.05, 3.63) is 89.0 Å². The van der Waals surface area contributed by atoms with Gasteiger partial charge >= 0.3 is 0 Å². The van der Waals surface area contributed by atoms with Gasteiger partial charge in [-0.1, -0.05) is 69.2 Å². The zero-order chi connectivity index (χ0) is 24.0. The van der Waals surface area contributed by atoms with E-state index < -0.39 is 0 Å². The lowest BCUT2D eigenvalue weighted by Gasteiger charge is -2.13. The Morgan fingerprint density at radius 2 is 1.56 bits per heavy atom. The summed E-state index contributed by atoms with van der Waals surface area (Å²) in [5.41, 5.74) is 12.1. The number of nitrogens with one attached hydrogen (secondary N) is 1. The highest BCUT2D eigenvalue weighted by molar-refractivity contribution is 5.54. The van der Waals surface area contributed by atoms with Gasteiger partial charge in [-0.05, 0) is 85.3 Å². The van der Waals surface area contributed by atoms with Crippen LogP contribution in [0.1, 0.15) is 55.4 Å². The molecule has 0 fully saturated rings. The number of benzene rings is 3. The van der Waals surface area contributed by atoms with E-state index >= 15 is 0 Å². The van der Waals surface area contributed by atoms with E-state index in [1.54, 1.807) is 0 Å². The fraction of sp³-hybridized carbons (Fsp3) is 0.400. The van der Waals surface area contributed by atoms with Crippen LogP contribution in [0.5, 0.6) is 11.5 Å². The van der Waals surface area contributed by atoms with Crippen molar-refractivity contribution >= 4 is 5.69 Å². The predicted octanol–water partition coefficient (Wildman–Crippen LogP) is 6.35. The molecule has 0 spiro atoms. The molecule has 34 heavy (non-hydrogen) atoms. The van der Waals surface area contributed by atoms with E-state index in [2.05, 4.69) is 55.6 Å². The van der Waals surface area contributed by atoms with Crippen LogP contribution in [0.3, 0.4) is 0 Å². The molecule has 4 heteroatoms. The third-order valence-electron chi connectivity index (χ3n) is 5.94. The highest BCUT2D eigenvalue weighted by Crippen LogP contribution is 2.24. The van der Waals surface area contributed by atoms with Crippen molar-refractivity contribution in [1.82, 2.24) is 5.32 Å². The van der Waals surface area contributed by atoms with Crippen molar-refractivity contribution in [1.29, 1.82) is 0 Å². The van der Waals surface area contributed by atoms with Crippen molar-refractivity contribution in [3.63, 3.8) is 0 Å². The van der Waals surface area contributed by atoms with Gasteiger partial charge in [0.25, 0.3) is 0 Å². The maximum Gasteiger partial charge on any atom is 0.142 e. The summed E-state index contributed by atoms with van der Waals surface area (Å²) in [5, 5.41) is 3.59. The lowest BCUT2D eigenvalue weighted by atomic mass is 10.00.